The molecule has 4 nitrogen and oxygen atoms in total. The Morgan fingerprint density at radius 3 is 2.36 bits per heavy atom. The van der Waals surface area contributed by atoms with Crippen LogP contribution >= 0.6 is 46.4 Å². The number of hydrogen-bond acceptors (Lipinski definition) is 3. The SMILES string of the molecule is C=CCN(c1cccc(Cl)c1Cl)S(=O)(=O)c1ccc(OC)c(Cl)c1Cl. The van der Waals surface area contributed by atoms with Crippen molar-refractivity contribution in [2.45, 2.75) is 4.90 Å². The monoisotopic (exact) mass is 439 g/mol. The van der Waals surface area contributed by atoms with Crippen LogP contribution in [0.5, 0.6) is 5.75 Å². The van der Waals surface area contributed by atoms with E-state index in [-0.39, 0.29) is 43.0 Å². The van der Waals surface area contributed by atoms with Gasteiger partial charge in [0, 0.05) is 0 Å². The van der Waals surface area contributed by atoms with Gasteiger partial charge in [0.15, 0.2) is 0 Å². The number of methoxy groups -OCH3 is 1. The maximum Gasteiger partial charge on any atom is 0.266 e. The lowest BCUT2D eigenvalue weighted by molar-refractivity contribution is 0.414. The van der Waals surface area contributed by atoms with E-state index < -0.39 is 10.0 Å². The van der Waals surface area contributed by atoms with Crippen LogP contribution in [0.4, 0.5) is 5.69 Å². The average molecular weight is 441 g/mol. The van der Waals surface area contributed by atoms with Crippen molar-refractivity contribution in [2.24, 2.45) is 0 Å². The molecule has 2 aromatic carbocycles. The lowest BCUT2D eigenvalue weighted by Gasteiger charge is -2.25. The molecule has 0 spiro atoms. The molecule has 0 aliphatic rings. The summed E-state index contributed by atoms with van der Waals surface area (Å²) in [5.41, 5.74) is 0.206. The molecule has 0 unspecified atom stereocenters. The highest BCUT2D eigenvalue weighted by atomic mass is 35.5. The molecule has 2 rings (SSSR count). The van der Waals surface area contributed by atoms with Crippen LogP contribution in [0.15, 0.2) is 47.9 Å². The van der Waals surface area contributed by atoms with Crippen molar-refractivity contribution in [3.05, 3.63) is 63.1 Å². The smallest absolute Gasteiger partial charge is 0.266 e. The first-order chi connectivity index (χ1) is 11.8. The lowest BCUT2D eigenvalue weighted by Crippen LogP contribution is -2.31. The van der Waals surface area contributed by atoms with Crippen molar-refractivity contribution < 1.29 is 13.2 Å². The van der Waals surface area contributed by atoms with Gasteiger partial charge in [0.25, 0.3) is 10.0 Å². The third-order valence-electron chi connectivity index (χ3n) is 3.29. The van der Waals surface area contributed by atoms with Crippen LogP contribution in [0.25, 0.3) is 0 Å². The summed E-state index contributed by atoms with van der Waals surface area (Å²) in [4.78, 5) is -0.183. The Hall–Kier alpha value is -1.11. The van der Waals surface area contributed by atoms with Gasteiger partial charge in [-0.25, -0.2) is 8.42 Å². The minimum atomic E-state index is -4.09. The Labute approximate surface area is 166 Å². The average Bonchev–Trinajstić information content (AvgIpc) is 2.57. The number of sulfonamides is 1. The van der Waals surface area contributed by atoms with Crippen LogP contribution < -0.4 is 9.04 Å². The van der Waals surface area contributed by atoms with Gasteiger partial charge in [-0.1, -0.05) is 58.5 Å². The first-order valence-corrected chi connectivity index (χ1v) is 9.80. The zero-order valence-corrected chi connectivity index (χ0v) is 16.8. The quantitative estimate of drug-likeness (QED) is 0.542. The fourth-order valence-electron chi connectivity index (χ4n) is 2.12. The van der Waals surface area contributed by atoms with Crippen molar-refractivity contribution >= 4 is 62.1 Å². The summed E-state index contributed by atoms with van der Waals surface area (Å²) in [6.07, 6.45) is 1.42. The largest absolute Gasteiger partial charge is 0.495 e. The highest BCUT2D eigenvalue weighted by molar-refractivity contribution is 7.93. The molecule has 2 aromatic rings. The summed E-state index contributed by atoms with van der Waals surface area (Å²) < 4.78 is 32.4. The molecule has 25 heavy (non-hydrogen) atoms. The number of nitrogens with zero attached hydrogens (tertiary/aromatic N) is 1. The van der Waals surface area contributed by atoms with Gasteiger partial charge in [-0.15, -0.1) is 6.58 Å². The zero-order valence-electron chi connectivity index (χ0n) is 13.0. The number of anilines is 1. The van der Waals surface area contributed by atoms with E-state index in [4.69, 9.17) is 51.1 Å². The number of hydrogen-bond donors (Lipinski definition) is 0. The van der Waals surface area contributed by atoms with Gasteiger partial charge < -0.3 is 4.74 Å². The summed E-state index contributed by atoms with van der Waals surface area (Å²) in [6.45, 7) is 3.55. The second-order valence-corrected chi connectivity index (χ2v) is 8.16. The molecule has 0 amide bonds. The molecule has 0 radical (unpaired) electrons. The highest BCUT2D eigenvalue weighted by Crippen LogP contribution is 2.40. The molecule has 0 fully saturated rings. The predicted octanol–water partition coefficient (Wildman–Crippen LogP) is 5.69. The first kappa shape index (κ1) is 20.2. The third-order valence-corrected chi connectivity index (χ3v) is 6.90. The fourth-order valence-corrected chi connectivity index (χ4v) is 4.83. The fraction of sp³-hybridized carbons (Fsp3) is 0.125. The van der Waals surface area contributed by atoms with E-state index in [1.54, 1.807) is 12.1 Å². The van der Waals surface area contributed by atoms with Gasteiger partial charge >= 0.3 is 0 Å². The predicted molar refractivity (Wildman–Crippen MR) is 104 cm³/mol. The van der Waals surface area contributed by atoms with Crippen LogP contribution in [-0.2, 0) is 10.0 Å². The van der Waals surface area contributed by atoms with Crippen molar-refractivity contribution in [3.63, 3.8) is 0 Å². The van der Waals surface area contributed by atoms with E-state index in [0.29, 0.717) is 0 Å². The summed E-state index contributed by atoms with van der Waals surface area (Å²) >= 11 is 24.4. The molecule has 0 aromatic heterocycles. The summed E-state index contributed by atoms with van der Waals surface area (Å²) in [6, 6.07) is 7.43. The molecular formula is C16H13Cl4NO3S. The van der Waals surface area contributed by atoms with E-state index in [2.05, 4.69) is 6.58 Å². The maximum atomic E-state index is 13.2. The van der Waals surface area contributed by atoms with Gasteiger partial charge in [-0.2, -0.15) is 0 Å². The van der Waals surface area contributed by atoms with Gasteiger partial charge in [0.1, 0.15) is 15.7 Å². The van der Waals surface area contributed by atoms with Crippen molar-refractivity contribution in [3.8, 4) is 5.75 Å². The second-order valence-electron chi connectivity index (χ2n) is 4.79. The summed E-state index contributed by atoms with van der Waals surface area (Å²) in [5, 5.41) is 0.182. The van der Waals surface area contributed by atoms with Gasteiger partial charge in [0.2, 0.25) is 0 Å². The molecule has 0 atom stereocenters. The van der Waals surface area contributed by atoms with Crippen LogP contribution in [0.2, 0.25) is 20.1 Å². The zero-order chi connectivity index (χ0) is 18.8. The summed E-state index contributed by atoms with van der Waals surface area (Å²) in [7, 11) is -2.68. The Bertz CT molecular complexity index is 916. The Balaban J connectivity index is 2.68. The third kappa shape index (κ3) is 3.86. The molecule has 9 heteroatoms. The molecule has 0 saturated carbocycles. The van der Waals surface area contributed by atoms with E-state index in [9.17, 15) is 8.42 Å². The Morgan fingerprint density at radius 2 is 1.76 bits per heavy atom. The Kier molecular flexibility index (Phi) is 6.51. The van der Waals surface area contributed by atoms with Crippen LogP contribution in [0, 0.1) is 0 Å². The molecule has 134 valence electrons. The van der Waals surface area contributed by atoms with Crippen LogP contribution in [0.3, 0.4) is 0 Å². The Morgan fingerprint density at radius 1 is 1.08 bits per heavy atom. The van der Waals surface area contributed by atoms with E-state index in [0.717, 1.165) is 4.31 Å². The summed E-state index contributed by atoms with van der Waals surface area (Å²) in [5.74, 6) is 0.265. The van der Waals surface area contributed by atoms with E-state index in [1.807, 2.05) is 0 Å². The highest BCUT2D eigenvalue weighted by Gasteiger charge is 2.30. The van der Waals surface area contributed by atoms with Gasteiger partial charge in [-0.05, 0) is 24.3 Å². The lowest BCUT2D eigenvalue weighted by atomic mass is 10.3. The standard InChI is InChI=1S/C16H13Cl4NO3S/c1-3-9-21(11-6-4-5-10(17)14(11)18)25(22,23)13-8-7-12(24-2)15(19)16(13)20/h3-8H,1,9H2,2H3. The van der Waals surface area contributed by atoms with Crippen LogP contribution in [0.1, 0.15) is 0 Å². The number of ether oxygens (including phenoxy) is 1. The normalized spacial score (nSPS) is 11.2. The van der Waals surface area contributed by atoms with E-state index in [1.165, 1.54) is 31.4 Å². The molecule has 0 N–H and O–H groups in total. The molecule has 0 bridgehead atoms. The van der Waals surface area contributed by atoms with Crippen LogP contribution in [-0.4, -0.2) is 22.1 Å². The number of benzene rings is 2. The van der Waals surface area contributed by atoms with E-state index >= 15 is 0 Å². The molecular weight excluding hydrogens is 428 g/mol. The first-order valence-electron chi connectivity index (χ1n) is 6.85. The van der Waals surface area contributed by atoms with Crippen molar-refractivity contribution in [2.75, 3.05) is 18.0 Å². The number of rotatable bonds is 6. The van der Waals surface area contributed by atoms with Crippen molar-refractivity contribution in [1.29, 1.82) is 0 Å². The maximum absolute atomic E-state index is 13.2. The molecule has 0 saturated heterocycles. The van der Waals surface area contributed by atoms with Crippen molar-refractivity contribution in [1.82, 2.24) is 0 Å². The minimum absolute atomic E-state index is 0.000913. The van der Waals surface area contributed by atoms with Gasteiger partial charge in [-0.3, -0.25) is 4.31 Å². The topological polar surface area (TPSA) is 46.6 Å². The molecule has 0 heterocycles. The number of halogens is 4. The van der Waals surface area contributed by atoms with Gasteiger partial charge in [0.05, 0.1) is 34.4 Å². The minimum Gasteiger partial charge on any atom is -0.495 e. The molecule has 0 aliphatic heterocycles. The second kappa shape index (κ2) is 8.06. The molecule has 0 aliphatic carbocycles.